The second kappa shape index (κ2) is 6.66. The zero-order valence-electron chi connectivity index (χ0n) is 13.1. The molecule has 1 fully saturated rings. The molecule has 1 saturated heterocycles. The molecule has 1 aromatic heterocycles. The fourth-order valence-electron chi connectivity index (χ4n) is 2.44. The normalized spacial score (nSPS) is 17.6. The van der Waals surface area contributed by atoms with Gasteiger partial charge < -0.3 is 10.1 Å². The lowest BCUT2D eigenvalue weighted by Gasteiger charge is -2.11. The number of carbonyl (C=O) groups excluding carboxylic acids is 1. The first-order valence-corrected chi connectivity index (χ1v) is 9.39. The minimum absolute atomic E-state index is 0.0749. The maximum Gasteiger partial charge on any atom is 0.253 e. The van der Waals surface area contributed by atoms with Crippen LogP contribution in [0.15, 0.2) is 41.4 Å². The molecule has 0 saturated carbocycles. The number of nitrogens with one attached hydrogen (secondary N) is 1. The molecule has 1 aliphatic rings. The monoisotopic (exact) mass is 347 g/mol. The van der Waals surface area contributed by atoms with Gasteiger partial charge in [0.15, 0.2) is 14.9 Å². The maximum atomic E-state index is 12.1. The van der Waals surface area contributed by atoms with Crippen molar-refractivity contribution in [2.75, 3.05) is 18.2 Å². The van der Waals surface area contributed by atoms with E-state index in [1.54, 1.807) is 24.3 Å². The predicted octanol–water partition coefficient (Wildman–Crippen LogP) is 1.66. The van der Waals surface area contributed by atoms with Gasteiger partial charge >= 0.3 is 0 Å². The highest BCUT2D eigenvalue weighted by molar-refractivity contribution is 7.90. The van der Waals surface area contributed by atoms with Crippen LogP contribution in [0.25, 0.3) is 11.3 Å². The van der Waals surface area contributed by atoms with Crippen LogP contribution in [0.1, 0.15) is 12.8 Å². The van der Waals surface area contributed by atoms with E-state index in [0.717, 1.165) is 24.7 Å². The van der Waals surface area contributed by atoms with E-state index in [0.29, 0.717) is 18.0 Å². The van der Waals surface area contributed by atoms with E-state index in [1.165, 1.54) is 6.07 Å². The highest BCUT2D eigenvalue weighted by Crippen LogP contribution is 2.22. The van der Waals surface area contributed by atoms with Crippen LogP contribution in [-0.4, -0.2) is 43.5 Å². The van der Waals surface area contributed by atoms with Crippen molar-refractivity contribution in [2.45, 2.75) is 24.0 Å². The third-order valence-electron chi connectivity index (χ3n) is 3.67. The van der Waals surface area contributed by atoms with E-state index in [9.17, 15) is 13.2 Å². The summed E-state index contributed by atoms with van der Waals surface area (Å²) in [5.41, 5.74) is 1.88. The second-order valence-electron chi connectivity index (χ2n) is 5.60. The molecule has 8 heteroatoms. The largest absolute Gasteiger partial charge is 0.368 e. The number of benzene rings is 1. The Bertz CT molecular complexity index is 844. The van der Waals surface area contributed by atoms with Crippen LogP contribution in [0.3, 0.4) is 0 Å². The molecule has 0 spiro atoms. The van der Waals surface area contributed by atoms with Crippen LogP contribution in [0.5, 0.6) is 0 Å². The topological polar surface area (TPSA) is 98.2 Å². The Morgan fingerprint density at radius 3 is 2.71 bits per heavy atom. The van der Waals surface area contributed by atoms with Crippen molar-refractivity contribution in [3.05, 3.63) is 36.4 Å². The number of anilines is 1. The molecule has 3 rings (SSSR count). The van der Waals surface area contributed by atoms with Gasteiger partial charge in [0.25, 0.3) is 5.91 Å². The fraction of sp³-hybridized carbons (Fsp3) is 0.312. The molecule has 0 bridgehead atoms. The van der Waals surface area contributed by atoms with Crippen molar-refractivity contribution in [1.82, 2.24) is 10.2 Å². The summed E-state index contributed by atoms with van der Waals surface area (Å²) < 4.78 is 28.2. The Kier molecular flexibility index (Phi) is 4.59. The lowest BCUT2D eigenvalue weighted by molar-refractivity contribution is -0.124. The molecule has 126 valence electrons. The summed E-state index contributed by atoms with van der Waals surface area (Å²) in [5.74, 6) is -0.164. The minimum atomic E-state index is -3.38. The highest BCUT2D eigenvalue weighted by Gasteiger charge is 2.23. The summed E-state index contributed by atoms with van der Waals surface area (Å²) in [6.45, 7) is 0.612. The minimum Gasteiger partial charge on any atom is -0.368 e. The maximum absolute atomic E-state index is 12.1. The number of nitrogens with zero attached hydrogens (tertiary/aromatic N) is 2. The van der Waals surface area contributed by atoms with Gasteiger partial charge in [0.2, 0.25) is 0 Å². The smallest absolute Gasteiger partial charge is 0.253 e. The van der Waals surface area contributed by atoms with Gasteiger partial charge in [-0.3, -0.25) is 4.79 Å². The Balaban J connectivity index is 1.78. The van der Waals surface area contributed by atoms with E-state index < -0.39 is 15.9 Å². The second-order valence-corrected chi connectivity index (χ2v) is 7.56. The Labute approximate surface area is 140 Å². The van der Waals surface area contributed by atoms with Crippen LogP contribution in [-0.2, 0) is 19.4 Å². The van der Waals surface area contributed by atoms with E-state index in [2.05, 4.69) is 15.5 Å². The molecule has 7 nitrogen and oxygen atoms in total. The number of amides is 1. The first kappa shape index (κ1) is 16.5. The molecule has 1 atom stereocenters. The Hall–Kier alpha value is -2.32. The Morgan fingerprint density at radius 2 is 2.08 bits per heavy atom. The first-order valence-electron chi connectivity index (χ1n) is 7.50. The zero-order valence-corrected chi connectivity index (χ0v) is 13.9. The quantitative estimate of drug-likeness (QED) is 0.903. The van der Waals surface area contributed by atoms with E-state index in [4.69, 9.17) is 4.74 Å². The molecule has 1 N–H and O–H groups in total. The number of aromatic nitrogens is 2. The summed E-state index contributed by atoms with van der Waals surface area (Å²) in [4.78, 5) is 12.1. The van der Waals surface area contributed by atoms with Gasteiger partial charge in [-0.15, -0.1) is 10.2 Å². The molecule has 1 aliphatic heterocycles. The number of carbonyl (C=O) groups is 1. The zero-order chi connectivity index (χ0) is 17.2. The third-order valence-corrected chi connectivity index (χ3v) is 4.65. The van der Waals surface area contributed by atoms with Crippen LogP contribution in [0.2, 0.25) is 0 Å². The van der Waals surface area contributed by atoms with Crippen molar-refractivity contribution in [3.63, 3.8) is 0 Å². The number of hydrogen-bond donors (Lipinski definition) is 1. The number of sulfone groups is 1. The van der Waals surface area contributed by atoms with Crippen LogP contribution >= 0.6 is 0 Å². The molecule has 0 radical (unpaired) electrons. The van der Waals surface area contributed by atoms with E-state index in [1.807, 2.05) is 6.07 Å². The predicted molar refractivity (Wildman–Crippen MR) is 88.2 cm³/mol. The molecule has 0 aliphatic carbocycles. The molecule has 0 unspecified atom stereocenters. The highest BCUT2D eigenvalue weighted by atomic mass is 32.2. The standard InChI is InChI=1S/C16H17N3O4S/c1-24(21,22)15-8-7-13(18-19-15)11-4-2-5-12(10-11)17-16(20)14-6-3-9-23-14/h2,4-5,7-8,10,14H,3,6,9H2,1H3,(H,17,20)/t14-/m0/s1. The van der Waals surface area contributed by atoms with Crippen LogP contribution < -0.4 is 5.32 Å². The van der Waals surface area contributed by atoms with Crippen LogP contribution in [0, 0.1) is 0 Å². The molecule has 2 aromatic rings. The summed E-state index contributed by atoms with van der Waals surface area (Å²) in [7, 11) is -3.38. The summed E-state index contributed by atoms with van der Waals surface area (Å²) in [6.07, 6.45) is 2.30. The number of ether oxygens (including phenoxy) is 1. The summed E-state index contributed by atoms with van der Waals surface area (Å²) in [5, 5.41) is 10.4. The first-order chi connectivity index (χ1) is 11.4. The van der Waals surface area contributed by atoms with Crippen molar-refractivity contribution >= 4 is 21.4 Å². The molecule has 1 amide bonds. The third kappa shape index (κ3) is 3.77. The molecular formula is C16H17N3O4S. The average Bonchev–Trinajstić information content (AvgIpc) is 3.09. The van der Waals surface area contributed by atoms with Gasteiger partial charge in [0.1, 0.15) is 6.10 Å². The molecule has 1 aromatic carbocycles. The van der Waals surface area contributed by atoms with E-state index >= 15 is 0 Å². The van der Waals surface area contributed by atoms with Gasteiger partial charge in [-0.25, -0.2) is 8.42 Å². The summed E-state index contributed by atoms with van der Waals surface area (Å²) >= 11 is 0. The van der Waals surface area contributed by atoms with Crippen molar-refractivity contribution in [2.24, 2.45) is 0 Å². The average molecular weight is 347 g/mol. The van der Waals surface area contributed by atoms with Gasteiger partial charge in [-0.2, -0.15) is 0 Å². The van der Waals surface area contributed by atoms with Crippen molar-refractivity contribution in [1.29, 1.82) is 0 Å². The van der Waals surface area contributed by atoms with Crippen molar-refractivity contribution < 1.29 is 17.9 Å². The lowest BCUT2D eigenvalue weighted by Crippen LogP contribution is -2.26. The molecule has 24 heavy (non-hydrogen) atoms. The Morgan fingerprint density at radius 1 is 1.25 bits per heavy atom. The van der Waals surface area contributed by atoms with Crippen LogP contribution in [0.4, 0.5) is 5.69 Å². The molecular weight excluding hydrogens is 330 g/mol. The van der Waals surface area contributed by atoms with Gasteiger partial charge in [-0.05, 0) is 37.1 Å². The lowest BCUT2D eigenvalue weighted by atomic mass is 10.1. The van der Waals surface area contributed by atoms with Crippen molar-refractivity contribution in [3.8, 4) is 11.3 Å². The van der Waals surface area contributed by atoms with Gasteiger partial charge in [-0.1, -0.05) is 12.1 Å². The fourth-order valence-corrected chi connectivity index (χ4v) is 2.94. The van der Waals surface area contributed by atoms with E-state index in [-0.39, 0.29) is 10.9 Å². The van der Waals surface area contributed by atoms with Gasteiger partial charge in [0, 0.05) is 24.1 Å². The SMILES string of the molecule is CS(=O)(=O)c1ccc(-c2cccc(NC(=O)[C@@H]3CCCO3)c2)nn1. The summed E-state index contributed by atoms with van der Waals surface area (Å²) in [6, 6.07) is 10.1. The number of rotatable bonds is 4. The van der Waals surface area contributed by atoms with Gasteiger partial charge in [0.05, 0.1) is 5.69 Å². The molecule has 2 heterocycles. The number of hydrogen-bond acceptors (Lipinski definition) is 6.